The Bertz CT molecular complexity index is 550. The lowest BCUT2D eigenvalue weighted by Crippen LogP contribution is -2.39. The maximum atomic E-state index is 13.5. The maximum Gasteiger partial charge on any atom is 0.285 e. The zero-order valence-corrected chi connectivity index (χ0v) is 12.0. The van der Waals surface area contributed by atoms with Gasteiger partial charge in [-0.05, 0) is 27.1 Å². The minimum atomic E-state index is -0.901. The molecule has 0 spiro atoms. The highest BCUT2D eigenvalue weighted by Gasteiger charge is 2.24. The van der Waals surface area contributed by atoms with E-state index in [9.17, 15) is 19.3 Å². The van der Waals surface area contributed by atoms with Gasteiger partial charge in [0, 0.05) is 12.6 Å². The predicted octanol–water partition coefficient (Wildman–Crippen LogP) is 0.699. The molecular formula is C12H18FN5O3. The third-order valence-corrected chi connectivity index (χ3v) is 2.70. The minimum Gasteiger partial charge on any atom is -0.348 e. The van der Waals surface area contributed by atoms with Gasteiger partial charge in [0.2, 0.25) is 0 Å². The summed E-state index contributed by atoms with van der Waals surface area (Å²) in [5, 5.41) is 13.6. The van der Waals surface area contributed by atoms with Gasteiger partial charge in [0.1, 0.15) is 5.56 Å². The number of halogens is 1. The topological polar surface area (TPSA) is 114 Å². The van der Waals surface area contributed by atoms with Crippen molar-refractivity contribution in [2.75, 3.05) is 26.1 Å². The summed E-state index contributed by atoms with van der Waals surface area (Å²) in [5.41, 5.74) is 1.01. The largest absolute Gasteiger partial charge is 0.348 e. The highest BCUT2D eigenvalue weighted by atomic mass is 19.1. The first-order valence-corrected chi connectivity index (χ1v) is 6.16. The van der Waals surface area contributed by atoms with Crippen LogP contribution in [0.15, 0.2) is 12.1 Å². The van der Waals surface area contributed by atoms with E-state index in [-0.39, 0.29) is 17.3 Å². The first-order chi connectivity index (χ1) is 9.76. The number of nitro benzene ring substituents is 1. The molecule has 1 amide bonds. The van der Waals surface area contributed by atoms with Crippen LogP contribution in [0, 0.1) is 15.9 Å². The molecule has 9 heteroatoms. The van der Waals surface area contributed by atoms with Gasteiger partial charge in [0.05, 0.1) is 16.7 Å². The highest BCUT2D eigenvalue weighted by Crippen LogP contribution is 2.25. The van der Waals surface area contributed by atoms with Crippen molar-refractivity contribution in [1.82, 2.24) is 10.2 Å². The first kappa shape index (κ1) is 16.8. The molecule has 0 aliphatic carbocycles. The molecule has 0 aliphatic heterocycles. The van der Waals surface area contributed by atoms with Crippen LogP contribution < -0.4 is 16.6 Å². The number of nitrogens with one attached hydrogen (secondary N) is 2. The zero-order valence-electron chi connectivity index (χ0n) is 12.0. The van der Waals surface area contributed by atoms with Gasteiger partial charge < -0.3 is 15.6 Å². The molecule has 116 valence electrons. The fraction of sp³-hybridized carbons (Fsp3) is 0.417. The summed E-state index contributed by atoms with van der Waals surface area (Å²) in [6, 6.07) is 1.46. The Labute approximate surface area is 121 Å². The third-order valence-electron chi connectivity index (χ3n) is 2.70. The molecule has 1 atom stereocenters. The molecule has 0 bridgehead atoms. The molecular weight excluding hydrogens is 281 g/mol. The number of hydrogen-bond donors (Lipinski definition) is 3. The number of carbonyl (C=O) groups excluding carboxylic acids is 1. The number of nitrogens with zero attached hydrogens (tertiary/aromatic N) is 2. The lowest BCUT2D eigenvalue weighted by Gasteiger charge is -2.18. The predicted molar refractivity (Wildman–Crippen MR) is 76.3 cm³/mol. The van der Waals surface area contributed by atoms with Crippen molar-refractivity contribution < 1.29 is 14.1 Å². The summed E-state index contributed by atoms with van der Waals surface area (Å²) in [6.45, 7) is 2.32. The van der Waals surface area contributed by atoms with Crippen LogP contribution in [-0.2, 0) is 0 Å². The van der Waals surface area contributed by atoms with E-state index in [4.69, 9.17) is 5.84 Å². The number of nitro groups is 1. The summed E-state index contributed by atoms with van der Waals surface area (Å²) >= 11 is 0. The van der Waals surface area contributed by atoms with Crippen molar-refractivity contribution in [2.24, 2.45) is 5.84 Å². The number of likely N-dealkylation sites (N-methyl/N-ethyl adjacent to an activating group) is 1. The molecule has 4 N–H and O–H groups in total. The van der Waals surface area contributed by atoms with Crippen molar-refractivity contribution in [3.63, 3.8) is 0 Å². The van der Waals surface area contributed by atoms with Crippen LogP contribution in [0.25, 0.3) is 0 Å². The molecule has 1 unspecified atom stereocenters. The standard InChI is InChI=1S/C12H18FN5O3/c1-7(6-17(2)3)15-12(19)8-4-10(16-14)9(13)5-11(8)18(20)21/h4-5,7,16H,6,14H2,1-3H3,(H,15,19). The maximum absolute atomic E-state index is 13.5. The zero-order chi connectivity index (χ0) is 16.2. The molecule has 0 heterocycles. The van der Waals surface area contributed by atoms with Crippen LogP contribution in [0.3, 0.4) is 0 Å². The Balaban J connectivity index is 3.09. The van der Waals surface area contributed by atoms with Gasteiger partial charge in [-0.3, -0.25) is 20.8 Å². The van der Waals surface area contributed by atoms with Crippen molar-refractivity contribution >= 4 is 17.3 Å². The second-order valence-electron chi connectivity index (χ2n) is 4.89. The van der Waals surface area contributed by atoms with Crippen LogP contribution in [0.5, 0.6) is 0 Å². The van der Waals surface area contributed by atoms with Gasteiger partial charge in [-0.2, -0.15) is 0 Å². The highest BCUT2D eigenvalue weighted by molar-refractivity contribution is 5.99. The van der Waals surface area contributed by atoms with E-state index in [2.05, 4.69) is 10.7 Å². The fourth-order valence-corrected chi connectivity index (χ4v) is 1.90. The Kier molecular flexibility index (Phi) is 5.56. The smallest absolute Gasteiger partial charge is 0.285 e. The Morgan fingerprint density at radius 3 is 2.62 bits per heavy atom. The SMILES string of the molecule is CC(CN(C)C)NC(=O)c1cc(NN)c(F)cc1[N+](=O)[O-]. The van der Waals surface area contributed by atoms with E-state index in [1.807, 2.05) is 19.0 Å². The minimum absolute atomic E-state index is 0.189. The number of anilines is 1. The van der Waals surface area contributed by atoms with Crippen molar-refractivity contribution in [3.05, 3.63) is 33.6 Å². The number of nitrogen functional groups attached to an aromatic ring is 1. The molecule has 0 radical (unpaired) electrons. The Morgan fingerprint density at radius 2 is 2.14 bits per heavy atom. The Hall–Kier alpha value is -2.26. The summed E-state index contributed by atoms with van der Waals surface area (Å²) in [4.78, 5) is 24.1. The molecule has 0 aromatic heterocycles. The second kappa shape index (κ2) is 6.95. The normalized spacial score (nSPS) is 12.1. The van der Waals surface area contributed by atoms with Crippen molar-refractivity contribution in [3.8, 4) is 0 Å². The monoisotopic (exact) mass is 299 g/mol. The van der Waals surface area contributed by atoms with E-state index >= 15 is 0 Å². The summed E-state index contributed by atoms with van der Waals surface area (Å²) in [7, 11) is 3.67. The molecule has 1 aromatic carbocycles. The third kappa shape index (κ3) is 4.36. The number of benzene rings is 1. The lowest BCUT2D eigenvalue weighted by molar-refractivity contribution is -0.385. The number of hydrazine groups is 1. The van der Waals surface area contributed by atoms with Crippen LogP contribution in [0.1, 0.15) is 17.3 Å². The first-order valence-electron chi connectivity index (χ1n) is 6.16. The molecule has 21 heavy (non-hydrogen) atoms. The van der Waals surface area contributed by atoms with E-state index < -0.39 is 22.3 Å². The van der Waals surface area contributed by atoms with Crippen LogP contribution in [0.4, 0.5) is 15.8 Å². The van der Waals surface area contributed by atoms with Gasteiger partial charge in [-0.25, -0.2) is 4.39 Å². The van der Waals surface area contributed by atoms with Crippen LogP contribution >= 0.6 is 0 Å². The van der Waals surface area contributed by atoms with Gasteiger partial charge in [0.15, 0.2) is 5.82 Å². The fourth-order valence-electron chi connectivity index (χ4n) is 1.90. The summed E-state index contributed by atoms with van der Waals surface area (Å²) in [6.07, 6.45) is 0. The average molecular weight is 299 g/mol. The molecule has 0 aliphatic rings. The molecule has 0 saturated heterocycles. The van der Waals surface area contributed by atoms with E-state index in [1.54, 1.807) is 6.92 Å². The summed E-state index contributed by atoms with van der Waals surface area (Å²) in [5.74, 6) is 3.55. The van der Waals surface area contributed by atoms with Gasteiger partial charge in [0.25, 0.3) is 11.6 Å². The number of hydrogen-bond acceptors (Lipinski definition) is 6. The van der Waals surface area contributed by atoms with Crippen molar-refractivity contribution in [2.45, 2.75) is 13.0 Å². The van der Waals surface area contributed by atoms with Gasteiger partial charge in [-0.1, -0.05) is 0 Å². The second-order valence-corrected chi connectivity index (χ2v) is 4.89. The lowest BCUT2D eigenvalue weighted by atomic mass is 10.1. The molecule has 1 rings (SSSR count). The van der Waals surface area contributed by atoms with E-state index in [0.717, 1.165) is 6.07 Å². The number of carbonyl (C=O) groups is 1. The average Bonchev–Trinajstić information content (AvgIpc) is 2.36. The molecule has 0 saturated carbocycles. The van der Waals surface area contributed by atoms with Crippen LogP contribution in [-0.4, -0.2) is 42.4 Å². The van der Waals surface area contributed by atoms with E-state index in [1.165, 1.54) is 0 Å². The van der Waals surface area contributed by atoms with Crippen molar-refractivity contribution in [1.29, 1.82) is 0 Å². The Morgan fingerprint density at radius 1 is 1.52 bits per heavy atom. The number of amides is 1. The quantitative estimate of drug-likeness (QED) is 0.405. The van der Waals surface area contributed by atoms with Crippen LogP contribution in [0.2, 0.25) is 0 Å². The van der Waals surface area contributed by atoms with Gasteiger partial charge >= 0.3 is 0 Å². The molecule has 8 nitrogen and oxygen atoms in total. The molecule has 1 aromatic rings. The van der Waals surface area contributed by atoms with Gasteiger partial charge in [-0.15, -0.1) is 0 Å². The number of nitrogens with two attached hydrogens (primary N) is 1. The molecule has 0 fully saturated rings. The summed E-state index contributed by atoms with van der Waals surface area (Å²) < 4.78 is 13.5. The number of rotatable bonds is 6. The van der Waals surface area contributed by atoms with E-state index in [0.29, 0.717) is 12.6 Å².